The van der Waals surface area contributed by atoms with Crippen LogP contribution in [0.15, 0.2) is 12.1 Å². The van der Waals surface area contributed by atoms with Gasteiger partial charge in [0.15, 0.2) is 0 Å². The van der Waals surface area contributed by atoms with Gasteiger partial charge in [-0.1, -0.05) is 0 Å². The summed E-state index contributed by atoms with van der Waals surface area (Å²) in [4.78, 5) is 11.0. The van der Waals surface area contributed by atoms with Gasteiger partial charge < -0.3 is 9.88 Å². The van der Waals surface area contributed by atoms with E-state index in [4.69, 9.17) is 11.6 Å². The van der Waals surface area contributed by atoms with Crippen LogP contribution in [0.2, 0.25) is 0 Å². The first-order valence-corrected chi connectivity index (χ1v) is 7.23. The van der Waals surface area contributed by atoms with Crippen molar-refractivity contribution >= 4 is 28.2 Å². The average molecular weight is 293 g/mol. The van der Waals surface area contributed by atoms with Crippen molar-refractivity contribution in [3.8, 4) is 0 Å². The van der Waals surface area contributed by atoms with Crippen molar-refractivity contribution in [3.05, 3.63) is 39.6 Å². The van der Waals surface area contributed by atoms with Gasteiger partial charge in [0.1, 0.15) is 0 Å². The number of halogens is 1. The van der Waals surface area contributed by atoms with Gasteiger partial charge >= 0.3 is 0 Å². The molecule has 0 saturated heterocycles. The average Bonchev–Trinajstić information content (AvgIpc) is 2.79. The molecular formula is C14H15ClN3O2. The van der Waals surface area contributed by atoms with Gasteiger partial charge in [0.05, 0.1) is 15.8 Å². The summed E-state index contributed by atoms with van der Waals surface area (Å²) in [5.74, 6) is 0.585. The van der Waals surface area contributed by atoms with Crippen molar-refractivity contribution in [1.29, 1.82) is 0 Å². The Morgan fingerprint density at radius 2 is 2.40 bits per heavy atom. The van der Waals surface area contributed by atoms with E-state index in [2.05, 4.69) is 16.0 Å². The molecule has 2 heterocycles. The molecule has 5 nitrogen and oxygen atoms in total. The minimum atomic E-state index is -0.309. The zero-order chi connectivity index (χ0) is 14.1. The molecule has 0 unspecified atom stereocenters. The highest BCUT2D eigenvalue weighted by Gasteiger charge is 2.25. The summed E-state index contributed by atoms with van der Waals surface area (Å²) in [6.45, 7) is 2.36. The van der Waals surface area contributed by atoms with Gasteiger partial charge in [-0.3, -0.25) is 10.1 Å². The van der Waals surface area contributed by atoms with Crippen molar-refractivity contribution < 1.29 is 4.92 Å². The van der Waals surface area contributed by atoms with E-state index >= 15 is 0 Å². The van der Waals surface area contributed by atoms with Gasteiger partial charge in [0.2, 0.25) is 0 Å². The molecule has 0 aliphatic carbocycles. The number of hydrogen-bond acceptors (Lipinski definition) is 3. The van der Waals surface area contributed by atoms with E-state index in [0.29, 0.717) is 12.4 Å². The number of benzene rings is 1. The summed E-state index contributed by atoms with van der Waals surface area (Å²) < 4.78 is 2.15. The van der Waals surface area contributed by atoms with Crippen LogP contribution >= 0.6 is 11.6 Å². The fraction of sp³-hybridized carbons (Fsp3) is 0.429. The fourth-order valence-electron chi connectivity index (χ4n) is 2.94. The maximum absolute atomic E-state index is 11.3. The first-order valence-electron chi connectivity index (χ1n) is 6.69. The Morgan fingerprint density at radius 3 is 3.15 bits per heavy atom. The summed E-state index contributed by atoms with van der Waals surface area (Å²) in [5.41, 5.74) is 3.24. The van der Waals surface area contributed by atoms with Crippen LogP contribution in [-0.4, -0.2) is 21.9 Å². The van der Waals surface area contributed by atoms with E-state index in [9.17, 15) is 10.1 Å². The van der Waals surface area contributed by atoms with Gasteiger partial charge in [-0.2, -0.15) is 0 Å². The van der Waals surface area contributed by atoms with Crippen LogP contribution in [0, 0.1) is 16.2 Å². The molecule has 0 saturated carbocycles. The molecule has 3 rings (SSSR count). The number of nitro groups is 1. The Hall–Kier alpha value is -1.59. The van der Waals surface area contributed by atoms with E-state index < -0.39 is 0 Å². The van der Waals surface area contributed by atoms with Gasteiger partial charge in [0.25, 0.3) is 5.69 Å². The molecule has 0 bridgehead atoms. The molecule has 105 valence electrons. The third-order valence-electron chi connectivity index (χ3n) is 3.75. The number of rotatable bonds is 4. The molecule has 1 radical (unpaired) electrons. The summed E-state index contributed by atoms with van der Waals surface area (Å²) in [6, 6.07) is 6.33. The lowest BCUT2D eigenvalue weighted by molar-refractivity contribution is -0.383. The number of nitrogens with zero attached hydrogens (tertiary/aromatic N) is 2. The molecule has 1 aromatic carbocycles. The SMILES string of the molecule is O=[N+]([O-])c1cc[c]c2c1c1c(n2CCCCl)CCNC1. The first kappa shape index (κ1) is 13.4. The molecule has 0 amide bonds. The second-order valence-corrected chi connectivity index (χ2v) is 5.27. The minimum Gasteiger partial charge on any atom is -0.343 e. The van der Waals surface area contributed by atoms with Gasteiger partial charge in [-0.15, -0.1) is 11.6 Å². The number of nitrogens with one attached hydrogen (secondary N) is 1. The largest absolute Gasteiger partial charge is 0.343 e. The fourth-order valence-corrected chi connectivity index (χ4v) is 3.06. The number of fused-ring (bicyclic) bond motifs is 3. The van der Waals surface area contributed by atoms with Crippen LogP contribution in [0.4, 0.5) is 5.69 Å². The Bertz CT molecular complexity index is 666. The van der Waals surface area contributed by atoms with Crippen LogP contribution in [0.5, 0.6) is 0 Å². The summed E-state index contributed by atoms with van der Waals surface area (Å²) >= 11 is 5.79. The molecule has 0 spiro atoms. The Morgan fingerprint density at radius 1 is 1.55 bits per heavy atom. The summed E-state index contributed by atoms with van der Waals surface area (Å²) in [6.07, 6.45) is 1.74. The van der Waals surface area contributed by atoms with Crippen LogP contribution in [0.25, 0.3) is 10.9 Å². The highest BCUT2D eigenvalue weighted by Crippen LogP contribution is 2.34. The Labute approximate surface area is 121 Å². The topological polar surface area (TPSA) is 60.1 Å². The molecule has 0 fully saturated rings. The first-order chi connectivity index (χ1) is 9.74. The third-order valence-corrected chi connectivity index (χ3v) is 4.02. The monoisotopic (exact) mass is 292 g/mol. The minimum absolute atomic E-state index is 0.170. The number of aromatic nitrogens is 1. The maximum atomic E-state index is 11.3. The quantitative estimate of drug-likeness (QED) is 0.535. The number of alkyl halides is 1. The smallest absolute Gasteiger partial charge is 0.279 e. The molecule has 1 aliphatic rings. The van der Waals surface area contributed by atoms with Crippen LogP contribution in [0.3, 0.4) is 0 Å². The predicted octanol–water partition coefficient (Wildman–Crippen LogP) is 2.62. The third kappa shape index (κ3) is 2.07. The standard InChI is InChI=1S/C14H15ClN3O2/c15-6-2-8-17-11-5-7-16-9-10(11)14-12(17)3-1-4-13(14)18(19)20/h1,4,16H,2,5-9H2. The zero-order valence-electron chi connectivity index (χ0n) is 11.0. The highest BCUT2D eigenvalue weighted by atomic mass is 35.5. The van der Waals surface area contributed by atoms with Gasteiger partial charge in [-0.05, 0) is 12.5 Å². The molecule has 6 heteroatoms. The van der Waals surface area contributed by atoms with Crippen molar-refractivity contribution in [1.82, 2.24) is 9.88 Å². The molecule has 20 heavy (non-hydrogen) atoms. The van der Waals surface area contributed by atoms with Gasteiger partial charge in [0, 0.05) is 55.3 Å². The molecule has 1 N–H and O–H groups in total. The van der Waals surface area contributed by atoms with E-state index in [1.165, 1.54) is 11.8 Å². The lowest BCUT2D eigenvalue weighted by Crippen LogP contribution is -2.24. The maximum Gasteiger partial charge on any atom is 0.279 e. The van der Waals surface area contributed by atoms with Crippen molar-refractivity contribution in [2.24, 2.45) is 0 Å². The molecule has 1 aliphatic heterocycles. The Kier molecular flexibility index (Phi) is 3.63. The second-order valence-electron chi connectivity index (χ2n) is 4.89. The number of hydrogen-bond donors (Lipinski definition) is 1. The normalized spacial score (nSPS) is 14.4. The summed E-state index contributed by atoms with van der Waals surface area (Å²) in [7, 11) is 0. The molecule has 2 aromatic rings. The number of non-ortho nitro benzene ring substituents is 1. The van der Waals surface area contributed by atoms with Crippen LogP contribution in [-0.2, 0) is 19.5 Å². The molecular weight excluding hydrogens is 278 g/mol. The number of aryl methyl sites for hydroxylation is 1. The van der Waals surface area contributed by atoms with E-state index in [1.807, 2.05) is 0 Å². The predicted molar refractivity (Wildman–Crippen MR) is 78.2 cm³/mol. The molecule has 0 atom stereocenters. The van der Waals surface area contributed by atoms with E-state index in [1.54, 1.807) is 6.07 Å². The van der Waals surface area contributed by atoms with E-state index in [-0.39, 0.29) is 10.6 Å². The highest BCUT2D eigenvalue weighted by molar-refractivity contribution is 6.17. The van der Waals surface area contributed by atoms with Crippen LogP contribution < -0.4 is 5.32 Å². The summed E-state index contributed by atoms with van der Waals surface area (Å²) in [5, 5.41) is 15.3. The van der Waals surface area contributed by atoms with Crippen molar-refractivity contribution in [3.63, 3.8) is 0 Å². The lowest BCUT2D eigenvalue weighted by atomic mass is 10.0. The Balaban J connectivity index is 2.27. The van der Waals surface area contributed by atoms with Gasteiger partial charge in [-0.25, -0.2) is 0 Å². The molecule has 1 aromatic heterocycles. The lowest BCUT2D eigenvalue weighted by Gasteiger charge is -2.16. The van der Waals surface area contributed by atoms with Crippen molar-refractivity contribution in [2.75, 3.05) is 12.4 Å². The second kappa shape index (κ2) is 5.42. The van der Waals surface area contributed by atoms with E-state index in [0.717, 1.165) is 42.4 Å². The van der Waals surface area contributed by atoms with Crippen molar-refractivity contribution in [2.45, 2.75) is 25.9 Å². The van der Waals surface area contributed by atoms with Crippen LogP contribution in [0.1, 0.15) is 17.7 Å². The zero-order valence-corrected chi connectivity index (χ0v) is 11.7. The number of nitro benzene ring substituents is 1.